The third-order valence-corrected chi connectivity index (χ3v) is 2.47. The molecule has 0 bridgehead atoms. The van der Waals surface area contributed by atoms with E-state index in [1.54, 1.807) is 49.6 Å². The monoisotopic (exact) mass is 240 g/mol. The SMILES string of the molecule is COc1cccc(Oc2ccccc2C#N)c1N. The molecule has 0 aromatic heterocycles. The summed E-state index contributed by atoms with van der Waals surface area (Å²) in [6, 6.07) is 14.3. The van der Waals surface area contributed by atoms with Gasteiger partial charge in [0.15, 0.2) is 5.75 Å². The molecule has 0 fully saturated rings. The molecule has 90 valence electrons. The van der Waals surface area contributed by atoms with Gasteiger partial charge in [0.25, 0.3) is 0 Å². The van der Waals surface area contributed by atoms with Gasteiger partial charge in [0.2, 0.25) is 0 Å². The lowest BCUT2D eigenvalue weighted by molar-refractivity contribution is 0.412. The number of ether oxygens (including phenoxy) is 2. The van der Waals surface area contributed by atoms with E-state index in [9.17, 15) is 0 Å². The van der Waals surface area contributed by atoms with E-state index in [0.29, 0.717) is 28.5 Å². The maximum atomic E-state index is 8.98. The number of hydrogen-bond donors (Lipinski definition) is 1. The molecule has 0 aliphatic carbocycles. The van der Waals surface area contributed by atoms with Crippen molar-refractivity contribution < 1.29 is 9.47 Å². The molecule has 2 N–H and O–H groups in total. The van der Waals surface area contributed by atoms with Crippen LogP contribution in [0.15, 0.2) is 42.5 Å². The summed E-state index contributed by atoms with van der Waals surface area (Å²) in [4.78, 5) is 0. The van der Waals surface area contributed by atoms with Gasteiger partial charge in [-0.1, -0.05) is 18.2 Å². The highest BCUT2D eigenvalue weighted by Gasteiger charge is 2.09. The summed E-state index contributed by atoms with van der Waals surface area (Å²) in [5, 5.41) is 8.98. The molecule has 4 nitrogen and oxygen atoms in total. The molecular weight excluding hydrogens is 228 g/mol. The summed E-state index contributed by atoms with van der Waals surface area (Å²) < 4.78 is 10.8. The van der Waals surface area contributed by atoms with Crippen LogP contribution in [0.4, 0.5) is 5.69 Å². The molecule has 0 saturated carbocycles. The van der Waals surface area contributed by atoms with E-state index in [0.717, 1.165) is 0 Å². The first kappa shape index (κ1) is 11.8. The van der Waals surface area contributed by atoms with Crippen LogP contribution in [0, 0.1) is 11.3 Å². The first-order valence-corrected chi connectivity index (χ1v) is 5.35. The number of benzene rings is 2. The zero-order chi connectivity index (χ0) is 13.0. The number of nitriles is 1. The van der Waals surface area contributed by atoms with Gasteiger partial charge in [0, 0.05) is 0 Å². The van der Waals surface area contributed by atoms with Crippen molar-refractivity contribution in [2.24, 2.45) is 0 Å². The quantitative estimate of drug-likeness (QED) is 0.837. The number of hydrogen-bond acceptors (Lipinski definition) is 4. The highest BCUT2D eigenvalue weighted by molar-refractivity contribution is 5.64. The molecule has 0 atom stereocenters. The second-order valence-electron chi connectivity index (χ2n) is 3.58. The lowest BCUT2D eigenvalue weighted by atomic mass is 10.2. The van der Waals surface area contributed by atoms with Gasteiger partial charge in [-0.25, -0.2) is 0 Å². The maximum absolute atomic E-state index is 8.98. The standard InChI is InChI=1S/C14H12N2O2/c1-17-12-7-4-8-13(14(12)16)18-11-6-3-2-5-10(11)9-15/h2-8H,16H2,1H3. The van der Waals surface area contributed by atoms with Crippen LogP contribution in [0.2, 0.25) is 0 Å². The van der Waals surface area contributed by atoms with E-state index in [1.807, 2.05) is 0 Å². The Kier molecular flexibility index (Phi) is 3.35. The van der Waals surface area contributed by atoms with Crippen molar-refractivity contribution in [1.82, 2.24) is 0 Å². The van der Waals surface area contributed by atoms with E-state index >= 15 is 0 Å². The van der Waals surface area contributed by atoms with Gasteiger partial charge in [-0.2, -0.15) is 5.26 Å². The third kappa shape index (κ3) is 2.20. The van der Waals surface area contributed by atoms with E-state index in [-0.39, 0.29) is 0 Å². The van der Waals surface area contributed by atoms with Crippen molar-refractivity contribution in [3.05, 3.63) is 48.0 Å². The minimum absolute atomic E-state index is 0.410. The average molecular weight is 240 g/mol. The zero-order valence-electron chi connectivity index (χ0n) is 9.88. The second kappa shape index (κ2) is 5.11. The molecule has 2 aromatic rings. The number of para-hydroxylation sites is 2. The Morgan fingerprint density at radius 2 is 1.67 bits per heavy atom. The fourth-order valence-electron chi connectivity index (χ4n) is 1.56. The molecule has 0 heterocycles. The summed E-state index contributed by atoms with van der Waals surface area (Å²) in [5.41, 5.74) is 6.77. The maximum Gasteiger partial charge on any atom is 0.154 e. The Morgan fingerprint density at radius 1 is 1.00 bits per heavy atom. The summed E-state index contributed by atoms with van der Waals surface area (Å²) in [7, 11) is 1.54. The van der Waals surface area contributed by atoms with Gasteiger partial charge in [-0.15, -0.1) is 0 Å². The number of methoxy groups -OCH3 is 1. The van der Waals surface area contributed by atoms with Crippen molar-refractivity contribution in [2.75, 3.05) is 12.8 Å². The zero-order valence-corrected chi connectivity index (χ0v) is 9.88. The molecule has 0 aliphatic rings. The number of nitrogens with zero attached hydrogens (tertiary/aromatic N) is 1. The number of anilines is 1. The number of nitrogens with two attached hydrogens (primary N) is 1. The Balaban J connectivity index is 2.38. The molecule has 4 heteroatoms. The number of nitrogen functional groups attached to an aromatic ring is 1. The van der Waals surface area contributed by atoms with Gasteiger partial charge in [-0.05, 0) is 24.3 Å². The van der Waals surface area contributed by atoms with Gasteiger partial charge in [0.05, 0.1) is 12.7 Å². The van der Waals surface area contributed by atoms with E-state index in [4.69, 9.17) is 20.5 Å². The highest BCUT2D eigenvalue weighted by Crippen LogP contribution is 2.35. The minimum atomic E-state index is 0.410. The van der Waals surface area contributed by atoms with E-state index in [1.165, 1.54) is 0 Å². The third-order valence-electron chi connectivity index (χ3n) is 2.47. The molecule has 0 spiro atoms. The highest BCUT2D eigenvalue weighted by atomic mass is 16.5. The molecule has 2 rings (SSSR count). The predicted octanol–water partition coefficient (Wildman–Crippen LogP) is 2.94. The van der Waals surface area contributed by atoms with Gasteiger partial charge < -0.3 is 15.2 Å². The summed E-state index contributed by atoms with van der Waals surface area (Å²) in [6.45, 7) is 0. The Morgan fingerprint density at radius 3 is 2.39 bits per heavy atom. The second-order valence-corrected chi connectivity index (χ2v) is 3.58. The van der Waals surface area contributed by atoms with Crippen LogP contribution in [0.3, 0.4) is 0 Å². The fourth-order valence-corrected chi connectivity index (χ4v) is 1.56. The molecule has 0 saturated heterocycles. The number of rotatable bonds is 3. The van der Waals surface area contributed by atoms with Crippen molar-refractivity contribution in [1.29, 1.82) is 5.26 Å². The average Bonchev–Trinajstić information content (AvgIpc) is 2.42. The van der Waals surface area contributed by atoms with Crippen molar-refractivity contribution in [2.45, 2.75) is 0 Å². The first-order valence-electron chi connectivity index (χ1n) is 5.35. The van der Waals surface area contributed by atoms with Crippen LogP contribution in [-0.2, 0) is 0 Å². The largest absolute Gasteiger partial charge is 0.494 e. The minimum Gasteiger partial charge on any atom is -0.494 e. The van der Waals surface area contributed by atoms with Crippen LogP contribution in [-0.4, -0.2) is 7.11 Å². The van der Waals surface area contributed by atoms with Crippen LogP contribution >= 0.6 is 0 Å². The summed E-state index contributed by atoms with van der Waals surface area (Å²) in [6.07, 6.45) is 0. The Bertz CT molecular complexity index is 603. The van der Waals surface area contributed by atoms with Gasteiger partial charge >= 0.3 is 0 Å². The Labute approximate surface area is 105 Å². The van der Waals surface area contributed by atoms with Crippen LogP contribution in [0.5, 0.6) is 17.2 Å². The van der Waals surface area contributed by atoms with Crippen molar-refractivity contribution in [3.8, 4) is 23.3 Å². The van der Waals surface area contributed by atoms with Crippen molar-refractivity contribution >= 4 is 5.69 Å². The lowest BCUT2D eigenvalue weighted by Crippen LogP contribution is -1.96. The van der Waals surface area contributed by atoms with Crippen molar-refractivity contribution in [3.63, 3.8) is 0 Å². The van der Waals surface area contributed by atoms with Gasteiger partial charge in [-0.3, -0.25) is 0 Å². The van der Waals surface area contributed by atoms with Crippen LogP contribution < -0.4 is 15.2 Å². The molecule has 0 unspecified atom stereocenters. The first-order chi connectivity index (χ1) is 8.76. The fraction of sp³-hybridized carbons (Fsp3) is 0.0714. The molecule has 0 aliphatic heterocycles. The molecular formula is C14H12N2O2. The summed E-state index contributed by atoms with van der Waals surface area (Å²) in [5.74, 6) is 1.49. The Hall–Kier alpha value is -2.67. The van der Waals surface area contributed by atoms with Gasteiger partial charge in [0.1, 0.15) is 23.3 Å². The molecule has 2 aromatic carbocycles. The smallest absolute Gasteiger partial charge is 0.154 e. The molecule has 18 heavy (non-hydrogen) atoms. The lowest BCUT2D eigenvalue weighted by Gasteiger charge is -2.11. The topological polar surface area (TPSA) is 68.3 Å². The van der Waals surface area contributed by atoms with Crippen LogP contribution in [0.1, 0.15) is 5.56 Å². The molecule has 0 radical (unpaired) electrons. The van der Waals surface area contributed by atoms with Crippen LogP contribution in [0.25, 0.3) is 0 Å². The summed E-state index contributed by atoms with van der Waals surface area (Å²) >= 11 is 0. The normalized spacial score (nSPS) is 9.56. The molecule has 0 amide bonds. The predicted molar refractivity (Wildman–Crippen MR) is 68.6 cm³/mol. The van der Waals surface area contributed by atoms with E-state index < -0.39 is 0 Å². The van der Waals surface area contributed by atoms with E-state index in [2.05, 4.69) is 6.07 Å².